The van der Waals surface area contributed by atoms with Gasteiger partial charge in [0.1, 0.15) is 13.2 Å². The fourth-order valence-corrected chi connectivity index (χ4v) is 3.46. The molecule has 5 heteroatoms. The number of rotatable bonds is 2. The average molecular weight is 324 g/mol. The summed E-state index contributed by atoms with van der Waals surface area (Å²) in [5, 5.41) is 0. The lowest BCUT2D eigenvalue weighted by Gasteiger charge is -2.27. The van der Waals surface area contributed by atoms with Crippen molar-refractivity contribution >= 4 is 11.6 Å². The van der Waals surface area contributed by atoms with Crippen LogP contribution in [0.15, 0.2) is 42.5 Å². The molecule has 1 amide bonds. The summed E-state index contributed by atoms with van der Waals surface area (Å²) in [5.74, 6) is 1.57. The van der Waals surface area contributed by atoms with E-state index >= 15 is 0 Å². The predicted molar refractivity (Wildman–Crippen MR) is 91.3 cm³/mol. The minimum Gasteiger partial charge on any atom is -0.486 e. The third-order valence-corrected chi connectivity index (χ3v) is 4.60. The highest BCUT2D eigenvalue weighted by Crippen LogP contribution is 2.38. The zero-order valence-corrected chi connectivity index (χ0v) is 13.4. The van der Waals surface area contributed by atoms with Crippen LogP contribution < -0.4 is 15.2 Å². The molecule has 124 valence electrons. The van der Waals surface area contributed by atoms with E-state index < -0.39 is 0 Å². The number of anilines is 1. The summed E-state index contributed by atoms with van der Waals surface area (Å²) in [4.78, 5) is 14.8. The molecule has 0 aromatic heterocycles. The molecule has 2 aliphatic heterocycles. The number of hydrogen-bond acceptors (Lipinski definition) is 4. The zero-order valence-electron chi connectivity index (χ0n) is 13.4. The lowest BCUT2D eigenvalue weighted by molar-refractivity contribution is 0.0735. The quantitative estimate of drug-likeness (QED) is 0.863. The van der Waals surface area contributed by atoms with Crippen LogP contribution in [0, 0.1) is 0 Å². The van der Waals surface area contributed by atoms with Crippen LogP contribution in [0.3, 0.4) is 0 Å². The van der Waals surface area contributed by atoms with Crippen molar-refractivity contribution in [1.29, 1.82) is 0 Å². The maximum atomic E-state index is 12.9. The molecule has 1 atom stereocenters. The Balaban J connectivity index is 1.62. The van der Waals surface area contributed by atoms with E-state index in [4.69, 9.17) is 15.2 Å². The standard InChI is InChI=1S/C19H20N2O3/c20-15-4-1-3-14(11-15)19(22)21-8-2-5-16(21)13-6-7-17-18(12-13)24-10-9-23-17/h1,3-4,6-7,11-12,16H,2,5,8-10,20H2. The maximum absolute atomic E-state index is 12.9. The fourth-order valence-electron chi connectivity index (χ4n) is 3.46. The second-order valence-electron chi connectivity index (χ2n) is 6.19. The van der Waals surface area contributed by atoms with E-state index in [-0.39, 0.29) is 11.9 Å². The van der Waals surface area contributed by atoms with Gasteiger partial charge in [-0.2, -0.15) is 0 Å². The Morgan fingerprint density at radius 3 is 2.75 bits per heavy atom. The van der Waals surface area contributed by atoms with E-state index in [1.807, 2.05) is 35.2 Å². The minimum atomic E-state index is 0.0275. The van der Waals surface area contributed by atoms with Crippen LogP contribution >= 0.6 is 0 Å². The largest absolute Gasteiger partial charge is 0.486 e. The molecule has 2 heterocycles. The number of carbonyl (C=O) groups excluding carboxylic acids is 1. The van der Waals surface area contributed by atoms with E-state index in [0.29, 0.717) is 24.5 Å². The van der Waals surface area contributed by atoms with Gasteiger partial charge in [-0.15, -0.1) is 0 Å². The van der Waals surface area contributed by atoms with Crippen LogP contribution in [-0.2, 0) is 0 Å². The molecule has 1 saturated heterocycles. The Kier molecular flexibility index (Phi) is 3.76. The molecule has 2 aromatic rings. The summed E-state index contributed by atoms with van der Waals surface area (Å²) >= 11 is 0. The Morgan fingerprint density at radius 2 is 1.92 bits per heavy atom. The van der Waals surface area contributed by atoms with Crippen molar-refractivity contribution in [3.63, 3.8) is 0 Å². The topological polar surface area (TPSA) is 64.8 Å². The number of nitrogens with zero attached hydrogens (tertiary/aromatic N) is 1. The molecule has 0 aliphatic carbocycles. The molecular weight excluding hydrogens is 304 g/mol. The van der Waals surface area contributed by atoms with Crippen molar-refractivity contribution in [2.45, 2.75) is 18.9 Å². The predicted octanol–water partition coefficient (Wildman–Crippen LogP) is 3.02. The van der Waals surface area contributed by atoms with Crippen LogP contribution in [0.1, 0.15) is 34.8 Å². The average Bonchev–Trinajstić information content (AvgIpc) is 3.10. The summed E-state index contributed by atoms with van der Waals surface area (Å²) in [5.41, 5.74) is 8.15. The summed E-state index contributed by atoms with van der Waals surface area (Å²) in [6.45, 7) is 1.90. The number of amides is 1. The number of likely N-dealkylation sites (tertiary alicyclic amines) is 1. The molecule has 0 spiro atoms. The van der Waals surface area contributed by atoms with Gasteiger partial charge in [0.05, 0.1) is 6.04 Å². The molecule has 4 rings (SSSR count). The van der Waals surface area contributed by atoms with Gasteiger partial charge in [0.2, 0.25) is 0 Å². The molecule has 2 aromatic carbocycles. The number of nitrogen functional groups attached to an aromatic ring is 1. The molecule has 1 unspecified atom stereocenters. The maximum Gasteiger partial charge on any atom is 0.254 e. The summed E-state index contributed by atoms with van der Waals surface area (Å²) in [7, 11) is 0. The first-order valence-electron chi connectivity index (χ1n) is 8.28. The molecule has 0 saturated carbocycles. The highest BCUT2D eigenvalue weighted by molar-refractivity contribution is 5.95. The smallest absolute Gasteiger partial charge is 0.254 e. The first-order valence-corrected chi connectivity index (χ1v) is 8.28. The van der Waals surface area contributed by atoms with Crippen LogP contribution in [0.4, 0.5) is 5.69 Å². The Morgan fingerprint density at radius 1 is 1.08 bits per heavy atom. The molecule has 5 nitrogen and oxygen atoms in total. The molecule has 0 bridgehead atoms. The van der Waals surface area contributed by atoms with Crippen molar-refractivity contribution in [2.75, 3.05) is 25.5 Å². The molecule has 2 N–H and O–H groups in total. The second kappa shape index (κ2) is 6.07. The van der Waals surface area contributed by atoms with Gasteiger partial charge in [-0.05, 0) is 48.7 Å². The van der Waals surface area contributed by atoms with E-state index in [1.54, 1.807) is 12.1 Å². The Hall–Kier alpha value is -2.69. The van der Waals surface area contributed by atoms with E-state index in [2.05, 4.69) is 0 Å². The van der Waals surface area contributed by atoms with E-state index in [9.17, 15) is 4.79 Å². The minimum absolute atomic E-state index is 0.0275. The first-order chi connectivity index (χ1) is 11.7. The van der Waals surface area contributed by atoms with Crippen molar-refractivity contribution < 1.29 is 14.3 Å². The van der Waals surface area contributed by atoms with Crippen LogP contribution in [0.2, 0.25) is 0 Å². The highest BCUT2D eigenvalue weighted by atomic mass is 16.6. The number of hydrogen-bond donors (Lipinski definition) is 1. The monoisotopic (exact) mass is 324 g/mol. The normalized spacial score (nSPS) is 19.3. The number of nitrogens with two attached hydrogens (primary N) is 1. The lowest BCUT2D eigenvalue weighted by atomic mass is 10.0. The van der Waals surface area contributed by atoms with Crippen molar-refractivity contribution in [2.24, 2.45) is 0 Å². The van der Waals surface area contributed by atoms with Gasteiger partial charge in [0.15, 0.2) is 11.5 Å². The van der Waals surface area contributed by atoms with Crippen LogP contribution in [0.5, 0.6) is 11.5 Å². The van der Waals surface area contributed by atoms with Crippen molar-refractivity contribution in [1.82, 2.24) is 4.90 Å². The SMILES string of the molecule is Nc1cccc(C(=O)N2CCCC2c2ccc3c(c2)OCCO3)c1. The fraction of sp³-hybridized carbons (Fsp3) is 0.316. The molecular formula is C19H20N2O3. The van der Waals surface area contributed by atoms with Gasteiger partial charge in [-0.25, -0.2) is 0 Å². The van der Waals surface area contributed by atoms with Crippen LogP contribution in [0.25, 0.3) is 0 Å². The molecule has 0 radical (unpaired) electrons. The Bertz CT molecular complexity index is 775. The van der Waals surface area contributed by atoms with E-state index in [1.165, 1.54) is 0 Å². The molecule has 24 heavy (non-hydrogen) atoms. The third kappa shape index (κ3) is 2.66. The summed E-state index contributed by atoms with van der Waals surface area (Å²) in [6, 6.07) is 13.2. The number of carbonyl (C=O) groups is 1. The van der Waals surface area contributed by atoms with Gasteiger partial charge < -0.3 is 20.1 Å². The highest BCUT2D eigenvalue weighted by Gasteiger charge is 2.31. The van der Waals surface area contributed by atoms with E-state index in [0.717, 1.165) is 36.4 Å². The third-order valence-electron chi connectivity index (χ3n) is 4.60. The van der Waals surface area contributed by atoms with Crippen molar-refractivity contribution in [3.05, 3.63) is 53.6 Å². The number of fused-ring (bicyclic) bond motifs is 1. The van der Waals surface area contributed by atoms with Gasteiger partial charge in [0.25, 0.3) is 5.91 Å². The van der Waals surface area contributed by atoms with Crippen LogP contribution in [-0.4, -0.2) is 30.6 Å². The zero-order chi connectivity index (χ0) is 16.5. The summed E-state index contributed by atoms with van der Waals surface area (Å²) < 4.78 is 11.3. The molecule has 2 aliphatic rings. The van der Waals surface area contributed by atoms with Gasteiger partial charge in [0, 0.05) is 17.8 Å². The Labute approximate surface area is 141 Å². The van der Waals surface area contributed by atoms with Gasteiger partial charge in [-0.1, -0.05) is 12.1 Å². The lowest BCUT2D eigenvalue weighted by Crippen LogP contribution is -2.30. The van der Waals surface area contributed by atoms with Gasteiger partial charge >= 0.3 is 0 Å². The number of ether oxygens (including phenoxy) is 2. The number of benzene rings is 2. The van der Waals surface area contributed by atoms with Crippen molar-refractivity contribution in [3.8, 4) is 11.5 Å². The molecule has 1 fully saturated rings. The summed E-state index contributed by atoms with van der Waals surface area (Å²) in [6.07, 6.45) is 1.95. The van der Waals surface area contributed by atoms with Gasteiger partial charge in [-0.3, -0.25) is 4.79 Å². The second-order valence-corrected chi connectivity index (χ2v) is 6.19. The first kappa shape index (κ1) is 14.9.